The van der Waals surface area contributed by atoms with E-state index in [0.29, 0.717) is 0 Å². The van der Waals surface area contributed by atoms with E-state index in [4.69, 9.17) is 9.47 Å². The molecule has 0 aromatic heterocycles. The molecule has 0 amide bonds. The summed E-state index contributed by atoms with van der Waals surface area (Å²) >= 11 is 0. The average molecular weight is 190 g/mol. The Morgan fingerprint density at radius 2 is 1.67 bits per heavy atom. The molecule has 2 nitrogen and oxygen atoms in total. The zero-order valence-corrected chi connectivity index (χ0v) is 10.0. The van der Waals surface area contributed by atoms with Crippen LogP contribution in [-0.4, -0.2) is 28.2 Å². The van der Waals surface area contributed by atoms with E-state index in [0.717, 1.165) is 0 Å². The van der Waals surface area contributed by atoms with E-state index in [9.17, 15) is 0 Å². The van der Waals surface area contributed by atoms with E-state index in [2.05, 4.69) is 20.0 Å². The molecular formula is C9H22O2Si. The van der Waals surface area contributed by atoms with Crippen LogP contribution in [0.1, 0.15) is 19.8 Å². The summed E-state index contributed by atoms with van der Waals surface area (Å²) in [5, 5.41) is 0. The molecule has 0 saturated heterocycles. The number of rotatable bonds is 6. The molecule has 0 aromatic carbocycles. The fourth-order valence-corrected chi connectivity index (χ4v) is 4.26. The molecule has 0 heterocycles. The normalized spacial score (nSPS) is 12.5. The number of methoxy groups -OCH3 is 2. The van der Waals surface area contributed by atoms with Gasteiger partial charge in [-0.15, -0.1) is 0 Å². The lowest BCUT2D eigenvalue weighted by Gasteiger charge is -2.29. The molecule has 0 aliphatic rings. The Balaban J connectivity index is 3.96. The van der Waals surface area contributed by atoms with Gasteiger partial charge in [0, 0.05) is 14.2 Å². The van der Waals surface area contributed by atoms with Crippen molar-refractivity contribution in [3.63, 3.8) is 0 Å². The highest BCUT2D eigenvalue weighted by atomic mass is 28.3. The summed E-state index contributed by atoms with van der Waals surface area (Å²) < 4.78 is 10.6. The van der Waals surface area contributed by atoms with Crippen molar-refractivity contribution in [2.45, 2.75) is 44.8 Å². The van der Waals surface area contributed by atoms with Crippen molar-refractivity contribution in [2.75, 3.05) is 14.2 Å². The summed E-state index contributed by atoms with van der Waals surface area (Å²) in [6.45, 7) is 6.86. The standard InChI is InChI=1S/C9H22O2Si/c1-6-7-8-12(4,5)9(10-2)11-3/h9H,6-8H2,1-5H3. The number of unbranched alkanes of at least 4 members (excludes halogenated alkanes) is 1. The minimum absolute atomic E-state index is 0.0593. The quantitative estimate of drug-likeness (QED) is 0.473. The second-order valence-corrected chi connectivity index (χ2v) is 8.84. The maximum Gasteiger partial charge on any atom is 0.140 e. The van der Waals surface area contributed by atoms with Crippen LogP contribution in [0.5, 0.6) is 0 Å². The van der Waals surface area contributed by atoms with E-state index in [-0.39, 0.29) is 5.91 Å². The minimum Gasteiger partial charge on any atom is -0.360 e. The van der Waals surface area contributed by atoms with Gasteiger partial charge in [-0.2, -0.15) is 0 Å². The lowest BCUT2D eigenvalue weighted by atomic mass is 10.4. The predicted octanol–water partition coefficient (Wildman–Crippen LogP) is 2.65. The van der Waals surface area contributed by atoms with Crippen molar-refractivity contribution in [1.82, 2.24) is 0 Å². The third-order valence-corrected chi connectivity index (χ3v) is 5.63. The molecule has 0 N–H and O–H groups in total. The Labute approximate surface area is 77.3 Å². The molecule has 0 aliphatic carbocycles. The molecule has 0 aliphatic heterocycles. The maximum absolute atomic E-state index is 5.30. The second-order valence-electron chi connectivity index (χ2n) is 3.90. The smallest absolute Gasteiger partial charge is 0.140 e. The topological polar surface area (TPSA) is 18.5 Å². The van der Waals surface area contributed by atoms with Crippen molar-refractivity contribution in [1.29, 1.82) is 0 Å². The monoisotopic (exact) mass is 190 g/mol. The van der Waals surface area contributed by atoms with Crippen LogP contribution in [-0.2, 0) is 9.47 Å². The van der Waals surface area contributed by atoms with Crippen molar-refractivity contribution in [2.24, 2.45) is 0 Å². The molecule has 0 radical (unpaired) electrons. The van der Waals surface area contributed by atoms with E-state index < -0.39 is 8.07 Å². The van der Waals surface area contributed by atoms with Gasteiger partial charge in [-0.1, -0.05) is 38.9 Å². The highest BCUT2D eigenvalue weighted by molar-refractivity contribution is 6.78. The Kier molecular flexibility index (Phi) is 5.79. The molecule has 3 heteroatoms. The van der Waals surface area contributed by atoms with Crippen LogP contribution >= 0.6 is 0 Å². The fourth-order valence-electron chi connectivity index (χ4n) is 1.48. The first kappa shape index (κ1) is 12.1. The molecule has 0 atom stereocenters. The van der Waals surface area contributed by atoms with Crippen LogP contribution in [0.2, 0.25) is 19.1 Å². The Morgan fingerprint density at radius 3 is 2.00 bits per heavy atom. The van der Waals surface area contributed by atoms with Crippen LogP contribution in [0.3, 0.4) is 0 Å². The Bertz CT molecular complexity index is 111. The van der Waals surface area contributed by atoms with E-state index in [1.165, 1.54) is 18.9 Å². The minimum atomic E-state index is -1.30. The summed E-state index contributed by atoms with van der Waals surface area (Å²) in [5.41, 5.74) is 0. The van der Waals surface area contributed by atoms with Gasteiger partial charge >= 0.3 is 0 Å². The molecule has 0 rings (SSSR count). The zero-order chi connectivity index (χ0) is 9.61. The van der Waals surface area contributed by atoms with E-state index in [1.807, 2.05) is 0 Å². The summed E-state index contributed by atoms with van der Waals surface area (Å²) in [5.74, 6) is 0.0593. The molecule has 74 valence electrons. The SMILES string of the molecule is CCCC[Si](C)(C)C(OC)OC. The summed E-state index contributed by atoms with van der Waals surface area (Å²) in [7, 11) is 2.16. The lowest BCUT2D eigenvalue weighted by Crippen LogP contribution is -2.43. The van der Waals surface area contributed by atoms with Gasteiger partial charge in [-0.25, -0.2) is 0 Å². The number of hydrogen-bond acceptors (Lipinski definition) is 2. The van der Waals surface area contributed by atoms with Gasteiger partial charge in [0.15, 0.2) is 0 Å². The predicted molar refractivity (Wildman–Crippen MR) is 55.0 cm³/mol. The van der Waals surface area contributed by atoms with E-state index >= 15 is 0 Å². The summed E-state index contributed by atoms with van der Waals surface area (Å²) in [4.78, 5) is 0. The van der Waals surface area contributed by atoms with Crippen LogP contribution in [0.4, 0.5) is 0 Å². The van der Waals surface area contributed by atoms with Crippen molar-refractivity contribution in [3.05, 3.63) is 0 Å². The lowest BCUT2D eigenvalue weighted by molar-refractivity contribution is -0.0502. The van der Waals surface area contributed by atoms with Gasteiger partial charge < -0.3 is 9.47 Å². The highest BCUT2D eigenvalue weighted by Crippen LogP contribution is 2.20. The molecule has 0 bridgehead atoms. The highest BCUT2D eigenvalue weighted by Gasteiger charge is 2.31. The molecule has 12 heavy (non-hydrogen) atoms. The third kappa shape index (κ3) is 3.69. The van der Waals surface area contributed by atoms with Crippen LogP contribution in [0.25, 0.3) is 0 Å². The third-order valence-electron chi connectivity index (χ3n) is 2.24. The van der Waals surface area contributed by atoms with Crippen LogP contribution in [0, 0.1) is 0 Å². The van der Waals surface area contributed by atoms with Gasteiger partial charge in [0.2, 0.25) is 0 Å². The van der Waals surface area contributed by atoms with Crippen LogP contribution < -0.4 is 0 Å². The molecule has 0 fully saturated rings. The second kappa shape index (κ2) is 5.73. The first-order chi connectivity index (χ1) is 5.58. The Hall–Kier alpha value is 0.137. The van der Waals surface area contributed by atoms with Crippen molar-refractivity contribution < 1.29 is 9.47 Å². The first-order valence-electron chi connectivity index (χ1n) is 4.64. The van der Waals surface area contributed by atoms with Gasteiger partial charge in [0.05, 0.1) is 0 Å². The summed E-state index contributed by atoms with van der Waals surface area (Å²) in [6.07, 6.45) is 2.55. The molecule has 0 spiro atoms. The van der Waals surface area contributed by atoms with Gasteiger partial charge in [0.25, 0.3) is 0 Å². The summed E-state index contributed by atoms with van der Waals surface area (Å²) in [6, 6.07) is 1.29. The van der Waals surface area contributed by atoms with Crippen molar-refractivity contribution >= 4 is 8.07 Å². The average Bonchev–Trinajstić information content (AvgIpc) is 2.03. The van der Waals surface area contributed by atoms with Crippen LogP contribution in [0.15, 0.2) is 0 Å². The number of ether oxygens (including phenoxy) is 2. The zero-order valence-electron chi connectivity index (χ0n) is 9.02. The maximum atomic E-state index is 5.30. The van der Waals surface area contributed by atoms with Gasteiger partial charge in [-0.3, -0.25) is 0 Å². The molecular weight excluding hydrogens is 168 g/mol. The first-order valence-corrected chi connectivity index (χ1v) is 7.92. The molecule has 0 unspecified atom stereocenters. The van der Waals surface area contributed by atoms with Gasteiger partial charge in [-0.05, 0) is 0 Å². The van der Waals surface area contributed by atoms with Gasteiger partial charge in [0.1, 0.15) is 14.0 Å². The largest absolute Gasteiger partial charge is 0.360 e. The Morgan fingerprint density at radius 1 is 1.17 bits per heavy atom. The molecule has 0 saturated carbocycles. The van der Waals surface area contributed by atoms with Crippen molar-refractivity contribution in [3.8, 4) is 0 Å². The fraction of sp³-hybridized carbons (Fsp3) is 1.00. The van der Waals surface area contributed by atoms with E-state index in [1.54, 1.807) is 14.2 Å². The number of hydrogen-bond donors (Lipinski definition) is 0. The molecule has 0 aromatic rings.